The van der Waals surface area contributed by atoms with Crippen LogP contribution < -0.4 is 0 Å². The number of hydrogen-bond acceptors (Lipinski definition) is 8. The molecule has 0 aromatic rings. The molecule has 0 saturated carbocycles. The van der Waals surface area contributed by atoms with Gasteiger partial charge < -0.3 is 18.5 Å². The number of carbonyl (C=O) groups excluding carboxylic acids is 2. The van der Waals surface area contributed by atoms with Crippen molar-refractivity contribution in [3.05, 3.63) is 0 Å². The van der Waals surface area contributed by atoms with Gasteiger partial charge in [0.15, 0.2) is 0 Å². The van der Waals surface area contributed by atoms with Gasteiger partial charge in [-0.2, -0.15) is 0 Å². The third-order valence-electron chi connectivity index (χ3n) is 2.14. The maximum atomic E-state index is 12.1. The summed E-state index contributed by atoms with van der Waals surface area (Å²) in [4.78, 5) is 23.9. The van der Waals surface area contributed by atoms with Crippen LogP contribution in [0.2, 0.25) is 0 Å². The largest absolute Gasteiger partial charge is 0.466 e. The van der Waals surface area contributed by atoms with Gasteiger partial charge in [0, 0.05) is 0 Å². The summed E-state index contributed by atoms with van der Waals surface area (Å²) >= 11 is 6.58. The van der Waals surface area contributed by atoms with E-state index in [4.69, 9.17) is 30.3 Å². The van der Waals surface area contributed by atoms with E-state index in [0.29, 0.717) is 0 Å². The van der Waals surface area contributed by atoms with Crippen molar-refractivity contribution in [1.29, 1.82) is 0 Å². The molecule has 0 radical (unpaired) electrons. The summed E-state index contributed by atoms with van der Waals surface area (Å²) in [6, 6.07) is 0. The average molecular weight is 386 g/mol. The highest BCUT2D eigenvalue weighted by Crippen LogP contribution is 2.64. The first-order valence-electron chi connectivity index (χ1n) is 7.61. The molecule has 0 aliphatic carbocycles. The molecule has 0 amide bonds. The smallest absolute Gasteiger partial charge is 0.320 e. The topological polar surface area (TPSA) is 71.1 Å². The van der Waals surface area contributed by atoms with Crippen molar-refractivity contribution in [3.63, 3.8) is 0 Å². The molecule has 0 fully saturated rings. The lowest BCUT2D eigenvalue weighted by Gasteiger charge is -2.28. The SMILES string of the molecule is CCOC(=O)CC(SP(=S)(OC(C)C)OC(C)C)C(=O)OCC. The summed E-state index contributed by atoms with van der Waals surface area (Å²) in [5, 5.41) is -0.808. The Morgan fingerprint density at radius 1 is 1.00 bits per heavy atom. The van der Waals surface area contributed by atoms with Crippen molar-refractivity contribution in [1.82, 2.24) is 0 Å². The van der Waals surface area contributed by atoms with Crippen molar-refractivity contribution >= 4 is 40.8 Å². The minimum Gasteiger partial charge on any atom is -0.466 e. The van der Waals surface area contributed by atoms with Crippen LogP contribution in [-0.4, -0.2) is 42.6 Å². The molecule has 136 valence electrons. The summed E-state index contributed by atoms with van der Waals surface area (Å²) < 4.78 is 21.5. The summed E-state index contributed by atoms with van der Waals surface area (Å²) in [6.07, 6.45) is -0.436. The maximum absolute atomic E-state index is 12.1. The number of rotatable bonds is 11. The van der Waals surface area contributed by atoms with E-state index in [1.54, 1.807) is 13.8 Å². The Hall–Kier alpha value is -0.140. The van der Waals surface area contributed by atoms with E-state index in [1.165, 1.54) is 0 Å². The van der Waals surface area contributed by atoms with Gasteiger partial charge in [-0.3, -0.25) is 9.59 Å². The maximum Gasteiger partial charge on any atom is 0.320 e. The van der Waals surface area contributed by atoms with Crippen molar-refractivity contribution in [2.24, 2.45) is 0 Å². The van der Waals surface area contributed by atoms with Gasteiger partial charge in [-0.1, -0.05) is 11.4 Å². The zero-order valence-electron chi connectivity index (χ0n) is 14.6. The lowest BCUT2D eigenvalue weighted by molar-refractivity contribution is -0.149. The van der Waals surface area contributed by atoms with Crippen LogP contribution in [0.3, 0.4) is 0 Å². The number of esters is 2. The molecule has 0 spiro atoms. The standard InChI is InChI=1S/C14H27O6PS2/c1-7-17-13(15)9-12(14(16)18-8-2)23-21(22,19-10(3)4)20-11(5)6/h10-12H,7-9H2,1-6H3. The predicted molar refractivity (Wildman–Crippen MR) is 96.0 cm³/mol. The van der Waals surface area contributed by atoms with Crippen molar-refractivity contribution < 1.29 is 28.1 Å². The molecular weight excluding hydrogens is 359 g/mol. The highest BCUT2D eigenvalue weighted by molar-refractivity contribution is 8.68. The van der Waals surface area contributed by atoms with E-state index < -0.39 is 22.9 Å². The van der Waals surface area contributed by atoms with Crippen LogP contribution >= 0.6 is 17.1 Å². The quantitative estimate of drug-likeness (QED) is 0.393. The normalized spacial score (nSPS) is 13.2. The zero-order valence-corrected chi connectivity index (χ0v) is 17.1. The van der Waals surface area contributed by atoms with Gasteiger partial charge in [0.05, 0.1) is 31.8 Å². The molecule has 0 N–H and O–H groups in total. The highest BCUT2D eigenvalue weighted by Gasteiger charge is 2.34. The molecule has 0 saturated heterocycles. The molecule has 1 atom stereocenters. The molecule has 0 aliphatic heterocycles. The van der Waals surface area contributed by atoms with Crippen molar-refractivity contribution in [3.8, 4) is 0 Å². The Morgan fingerprint density at radius 3 is 1.87 bits per heavy atom. The second-order valence-corrected chi connectivity index (χ2v) is 11.4. The Labute approximate surface area is 147 Å². The molecule has 0 aliphatic rings. The van der Waals surface area contributed by atoms with E-state index >= 15 is 0 Å². The van der Waals surface area contributed by atoms with E-state index in [0.717, 1.165) is 11.4 Å². The average Bonchev–Trinajstić information content (AvgIpc) is 2.36. The fourth-order valence-corrected chi connectivity index (χ4v) is 8.09. The van der Waals surface area contributed by atoms with Crippen LogP contribution in [0.4, 0.5) is 0 Å². The van der Waals surface area contributed by atoms with Gasteiger partial charge in [-0.05, 0) is 53.3 Å². The van der Waals surface area contributed by atoms with Gasteiger partial charge in [-0.15, -0.1) is 0 Å². The third kappa shape index (κ3) is 10.4. The van der Waals surface area contributed by atoms with E-state index in [2.05, 4.69) is 0 Å². The molecule has 0 rings (SSSR count). The first-order chi connectivity index (χ1) is 10.6. The molecule has 23 heavy (non-hydrogen) atoms. The number of hydrogen-bond donors (Lipinski definition) is 0. The molecule has 1 unspecified atom stereocenters. The molecule has 0 aromatic carbocycles. The Balaban J connectivity index is 5.21. The Morgan fingerprint density at radius 2 is 1.48 bits per heavy atom. The summed E-state index contributed by atoms with van der Waals surface area (Å²) in [5.74, 6) is -0.992. The van der Waals surface area contributed by atoms with Crippen LogP contribution in [-0.2, 0) is 39.9 Å². The van der Waals surface area contributed by atoms with Crippen molar-refractivity contribution in [2.45, 2.75) is 65.4 Å². The number of carbonyl (C=O) groups is 2. The van der Waals surface area contributed by atoms with Gasteiger partial charge in [0.2, 0.25) is 5.69 Å². The lowest BCUT2D eigenvalue weighted by atomic mass is 10.3. The third-order valence-corrected chi connectivity index (χ3v) is 7.72. The van der Waals surface area contributed by atoms with Crippen LogP contribution in [0.25, 0.3) is 0 Å². The van der Waals surface area contributed by atoms with Gasteiger partial charge >= 0.3 is 11.9 Å². The van der Waals surface area contributed by atoms with E-state index in [-0.39, 0.29) is 31.8 Å². The minimum atomic E-state index is -2.80. The molecular formula is C14H27O6PS2. The van der Waals surface area contributed by atoms with Crippen LogP contribution in [0, 0.1) is 0 Å². The molecule has 6 nitrogen and oxygen atoms in total. The zero-order chi connectivity index (χ0) is 18.0. The molecule has 0 aromatic heterocycles. The van der Waals surface area contributed by atoms with Crippen molar-refractivity contribution in [2.75, 3.05) is 13.2 Å². The Bertz CT molecular complexity index is 413. The van der Waals surface area contributed by atoms with E-state index in [9.17, 15) is 9.59 Å². The van der Waals surface area contributed by atoms with Crippen LogP contribution in [0.15, 0.2) is 0 Å². The van der Waals surface area contributed by atoms with Gasteiger partial charge in [-0.25, -0.2) is 0 Å². The second kappa shape index (κ2) is 11.4. The molecule has 0 bridgehead atoms. The predicted octanol–water partition coefficient (Wildman–Crippen LogP) is 3.68. The van der Waals surface area contributed by atoms with E-state index in [1.807, 2.05) is 27.7 Å². The second-order valence-electron chi connectivity index (χ2n) is 5.11. The summed E-state index contributed by atoms with van der Waals surface area (Å²) in [6.45, 7) is 11.3. The van der Waals surface area contributed by atoms with Crippen LogP contribution in [0.1, 0.15) is 48.0 Å². The lowest BCUT2D eigenvalue weighted by Crippen LogP contribution is -2.25. The first kappa shape index (κ1) is 22.9. The monoisotopic (exact) mass is 386 g/mol. The molecule has 0 heterocycles. The summed E-state index contributed by atoms with van der Waals surface area (Å²) in [5.41, 5.74) is -2.80. The Kier molecular flexibility index (Phi) is 11.4. The molecule has 9 heteroatoms. The first-order valence-corrected chi connectivity index (χ1v) is 11.7. The summed E-state index contributed by atoms with van der Waals surface area (Å²) in [7, 11) is 0. The van der Waals surface area contributed by atoms with Gasteiger partial charge in [0.1, 0.15) is 5.25 Å². The highest BCUT2D eigenvalue weighted by atomic mass is 32.9. The fraction of sp³-hybridized carbons (Fsp3) is 0.857. The fourth-order valence-electron chi connectivity index (χ4n) is 1.52. The number of ether oxygens (including phenoxy) is 2. The minimum absolute atomic E-state index is 0.126. The van der Waals surface area contributed by atoms with Gasteiger partial charge in [0.25, 0.3) is 0 Å². The van der Waals surface area contributed by atoms with Crippen LogP contribution in [0.5, 0.6) is 0 Å².